The predicted octanol–water partition coefficient (Wildman–Crippen LogP) is 2.07. The zero-order chi connectivity index (χ0) is 13.8. The summed E-state index contributed by atoms with van der Waals surface area (Å²) in [4.78, 5) is 24.2. The van der Waals surface area contributed by atoms with Gasteiger partial charge in [0.2, 0.25) is 0 Å². The zero-order valence-electron chi connectivity index (χ0n) is 10.6. The molecule has 5 nitrogen and oxygen atoms in total. The molecule has 0 saturated heterocycles. The molecule has 0 saturated carbocycles. The van der Waals surface area contributed by atoms with Crippen LogP contribution in [0.1, 0.15) is 27.6 Å². The highest BCUT2D eigenvalue weighted by Crippen LogP contribution is 2.15. The van der Waals surface area contributed by atoms with Crippen molar-refractivity contribution in [1.82, 2.24) is 20.3 Å². The highest BCUT2D eigenvalue weighted by molar-refractivity contribution is 6.33. The van der Waals surface area contributed by atoms with Crippen LogP contribution in [0.5, 0.6) is 0 Å². The van der Waals surface area contributed by atoms with Crippen LogP contribution in [-0.4, -0.2) is 20.9 Å². The molecule has 0 unspecified atom stereocenters. The maximum absolute atomic E-state index is 12.0. The lowest BCUT2D eigenvalue weighted by Gasteiger charge is -2.06. The standard InChI is InChI=1S/C13H13ClN4O/c1-8-5-12(14)11(7-16-8)13(19)17-6-10-3-4-15-9(2)18-10/h3-5,7H,6H2,1-2H3,(H,17,19). The van der Waals surface area contributed by atoms with E-state index in [1.54, 1.807) is 25.3 Å². The van der Waals surface area contributed by atoms with Crippen molar-refractivity contribution in [3.63, 3.8) is 0 Å². The number of aromatic nitrogens is 3. The van der Waals surface area contributed by atoms with Gasteiger partial charge in [0.25, 0.3) is 5.91 Å². The first-order chi connectivity index (χ1) is 9.06. The third-order valence-corrected chi connectivity index (χ3v) is 2.81. The Bertz CT molecular complexity index is 615. The van der Waals surface area contributed by atoms with Crippen molar-refractivity contribution in [1.29, 1.82) is 0 Å². The van der Waals surface area contributed by atoms with Crippen molar-refractivity contribution in [2.45, 2.75) is 20.4 Å². The van der Waals surface area contributed by atoms with Gasteiger partial charge in [-0.15, -0.1) is 0 Å². The summed E-state index contributed by atoms with van der Waals surface area (Å²) in [6.45, 7) is 3.94. The van der Waals surface area contributed by atoms with Crippen LogP contribution in [0.15, 0.2) is 24.5 Å². The number of nitrogens with one attached hydrogen (secondary N) is 1. The molecule has 6 heteroatoms. The van der Waals surface area contributed by atoms with E-state index >= 15 is 0 Å². The quantitative estimate of drug-likeness (QED) is 0.932. The first-order valence-electron chi connectivity index (χ1n) is 5.75. The minimum atomic E-state index is -0.270. The number of pyridine rings is 1. The Hall–Kier alpha value is -2.01. The Morgan fingerprint density at radius 2 is 2.16 bits per heavy atom. The van der Waals surface area contributed by atoms with E-state index in [1.165, 1.54) is 6.20 Å². The molecule has 0 aliphatic rings. The van der Waals surface area contributed by atoms with Crippen LogP contribution in [0.2, 0.25) is 5.02 Å². The Morgan fingerprint density at radius 1 is 1.37 bits per heavy atom. The zero-order valence-corrected chi connectivity index (χ0v) is 11.4. The van der Waals surface area contributed by atoms with Crippen molar-refractivity contribution in [3.8, 4) is 0 Å². The summed E-state index contributed by atoms with van der Waals surface area (Å²) < 4.78 is 0. The summed E-state index contributed by atoms with van der Waals surface area (Å²) in [7, 11) is 0. The Balaban J connectivity index is 2.05. The second-order valence-corrected chi connectivity index (χ2v) is 4.49. The summed E-state index contributed by atoms with van der Waals surface area (Å²) in [5.74, 6) is 0.399. The molecule has 0 fully saturated rings. The highest BCUT2D eigenvalue weighted by atomic mass is 35.5. The van der Waals surface area contributed by atoms with E-state index in [0.29, 0.717) is 23.0 Å². The van der Waals surface area contributed by atoms with Gasteiger partial charge in [-0.1, -0.05) is 11.6 Å². The maximum Gasteiger partial charge on any atom is 0.254 e. The molecule has 19 heavy (non-hydrogen) atoms. The van der Waals surface area contributed by atoms with Crippen molar-refractivity contribution in [3.05, 3.63) is 52.3 Å². The molecular formula is C13H13ClN4O. The lowest BCUT2D eigenvalue weighted by atomic mass is 10.2. The Labute approximate surface area is 116 Å². The van der Waals surface area contributed by atoms with E-state index in [1.807, 2.05) is 6.92 Å². The van der Waals surface area contributed by atoms with Gasteiger partial charge in [0.15, 0.2) is 0 Å². The molecule has 0 atom stereocenters. The molecule has 0 aliphatic heterocycles. The van der Waals surface area contributed by atoms with Gasteiger partial charge in [0, 0.05) is 18.1 Å². The van der Waals surface area contributed by atoms with E-state index in [2.05, 4.69) is 20.3 Å². The first-order valence-corrected chi connectivity index (χ1v) is 6.13. The molecule has 0 radical (unpaired) electrons. The van der Waals surface area contributed by atoms with E-state index in [0.717, 1.165) is 11.4 Å². The molecule has 98 valence electrons. The Morgan fingerprint density at radius 3 is 2.84 bits per heavy atom. The number of carbonyl (C=O) groups is 1. The molecule has 1 N–H and O–H groups in total. The average Bonchev–Trinajstić information content (AvgIpc) is 2.36. The number of amides is 1. The lowest BCUT2D eigenvalue weighted by molar-refractivity contribution is 0.0950. The van der Waals surface area contributed by atoms with Crippen LogP contribution in [0.3, 0.4) is 0 Å². The number of aryl methyl sites for hydroxylation is 2. The second-order valence-electron chi connectivity index (χ2n) is 4.08. The molecule has 0 bridgehead atoms. The van der Waals surface area contributed by atoms with E-state index < -0.39 is 0 Å². The van der Waals surface area contributed by atoms with Gasteiger partial charge in [-0.05, 0) is 26.0 Å². The maximum atomic E-state index is 12.0. The molecule has 2 aromatic rings. The second kappa shape index (κ2) is 5.75. The fraction of sp³-hybridized carbons (Fsp3) is 0.231. The first kappa shape index (κ1) is 13.4. The smallest absolute Gasteiger partial charge is 0.254 e. The number of rotatable bonds is 3. The molecule has 2 rings (SSSR count). The average molecular weight is 277 g/mol. The summed E-state index contributed by atoms with van der Waals surface area (Å²) in [6, 6.07) is 3.41. The number of hydrogen-bond acceptors (Lipinski definition) is 4. The van der Waals surface area contributed by atoms with E-state index in [-0.39, 0.29) is 5.91 Å². The van der Waals surface area contributed by atoms with Crippen LogP contribution < -0.4 is 5.32 Å². The van der Waals surface area contributed by atoms with Crippen molar-refractivity contribution in [2.75, 3.05) is 0 Å². The lowest BCUT2D eigenvalue weighted by Crippen LogP contribution is -2.24. The van der Waals surface area contributed by atoms with E-state index in [4.69, 9.17) is 11.6 Å². The molecule has 2 heterocycles. The van der Waals surface area contributed by atoms with Crippen LogP contribution in [0.4, 0.5) is 0 Å². The summed E-state index contributed by atoms with van der Waals surface area (Å²) in [6.07, 6.45) is 3.13. The fourth-order valence-electron chi connectivity index (χ4n) is 1.56. The molecule has 0 spiro atoms. The summed E-state index contributed by atoms with van der Waals surface area (Å²) in [5, 5.41) is 3.14. The van der Waals surface area contributed by atoms with Crippen molar-refractivity contribution < 1.29 is 4.79 Å². The van der Waals surface area contributed by atoms with Gasteiger partial charge in [-0.2, -0.15) is 0 Å². The van der Waals surface area contributed by atoms with Crippen LogP contribution in [0.25, 0.3) is 0 Å². The molecule has 1 amide bonds. The van der Waals surface area contributed by atoms with Crippen LogP contribution in [0, 0.1) is 13.8 Å². The van der Waals surface area contributed by atoms with Gasteiger partial charge in [0.05, 0.1) is 22.8 Å². The molecule has 0 aromatic carbocycles. The SMILES string of the molecule is Cc1cc(Cl)c(C(=O)NCc2ccnc(C)n2)cn1. The summed E-state index contributed by atoms with van der Waals surface area (Å²) >= 11 is 6.00. The third kappa shape index (κ3) is 3.48. The van der Waals surface area contributed by atoms with Crippen LogP contribution >= 0.6 is 11.6 Å². The Kier molecular flexibility index (Phi) is 4.06. The van der Waals surface area contributed by atoms with Crippen molar-refractivity contribution in [2.24, 2.45) is 0 Å². The largest absolute Gasteiger partial charge is 0.346 e. The molecule has 2 aromatic heterocycles. The fourth-order valence-corrected chi connectivity index (χ4v) is 1.86. The van der Waals surface area contributed by atoms with Gasteiger partial charge in [-0.25, -0.2) is 9.97 Å². The number of hydrogen-bond donors (Lipinski definition) is 1. The van der Waals surface area contributed by atoms with Gasteiger partial charge < -0.3 is 5.32 Å². The van der Waals surface area contributed by atoms with E-state index in [9.17, 15) is 4.79 Å². The highest BCUT2D eigenvalue weighted by Gasteiger charge is 2.11. The topological polar surface area (TPSA) is 67.8 Å². The monoisotopic (exact) mass is 276 g/mol. The minimum absolute atomic E-state index is 0.270. The number of halogens is 1. The van der Waals surface area contributed by atoms with Crippen molar-refractivity contribution >= 4 is 17.5 Å². The van der Waals surface area contributed by atoms with Gasteiger partial charge >= 0.3 is 0 Å². The van der Waals surface area contributed by atoms with Gasteiger partial charge in [-0.3, -0.25) is 9.78 Å². The van der Waals surface area contributed by atoms with Crippen LogP contribution in [-0.2, 0) is 6.54 Å². The molecule has 0 aliphatic carbocycles. The number of nitrogens with zero attached hydrogens (tertiary/aromatic N) is 3. The predicted molar refractivity (Wildman–Crippen MR) is 71.9 cm³/mol. The normalized spacial score (nSPS) is 10.3. The third-order valence-electron chi connectivity index (χ3n) is 2.50. The summed E-state index contributed by atoms with van der Waals surface area (Å²) in [5.41, 5.74) is 1.88. The van der Waals surface area contributed by atoms with Gasteiger partial charge in [0.1, 0.15) is 5.82 Å². The molecular weight excluding hydrogens is 264 g/mol. The minimum Gasteiger partial charge on any atom is -0.346 e. The number of carbonyl (C=O) groups excluding carboxylic acids is 1.